The zero-order valence-corrected chi connectivity index (χ0v) is 18.2. The van der Waals surface area contributed by atoms with Crippen molar-refractivity contribution in [1.29, 1.82) is 0 Å². The molecule has 0 N–H and O–H groups in total. The monoisotopic (exact) mass is 430 g/mol. The van der Waals surface area contributed by atoms with Crippen LogP contribution in [0.3, 0.4) is 0 Å². The third kappa shape index (κ3) is 5.36. The fourth-order valence-corrected chi connectivity index (χ4v) is 4.92. The first-order valence-corrected chi connectivity index (χ1v) is 11.5. The van der Waals surface area contributed by atoms with E-state index in [-0.39, 0.29) is 17.1 Å². The average Bonchev–Trinajstić information content (AvgIpc) is 3.10. The number of hydrogen-bond donors (Lipinski definition) is 0. The molecular weight excluding hydrogens is 404 g/mol. The van der Waals surface area contributed by atoms with Crippen molar-refractivity contribution in [3.05, 3.63) is 102 Å². The van der Waals surface area contributed by atoms with Gasteiger partial charge in [0.25, 0.3) is 5.91 Å². The number of rotatable bonds is 5. The van der Waals surface area contributed by atoms with Crippen molar-refractivity contribution in [3.8, 4) is 0 Å². The normalized spacial score (nSPS) is 15.2. The summed E-state index contributed by atoms with van der Waals surface area (Å²) in [5.74, 6) is 0.141. The smallest absolute Gasteiger partial charge is 0.253 e. The molecule has 1 aliphatic rings. The van der Waals surface area contributed by atoms with Gasteiger partial charge in [-0.15, -0.1) is 11.8 Å². The molecule has 1 saturated heterocycles. The summed E-state index contributed by atoms with van der Waals surface area (Å²) in [6.45, 7) is 2.43. The minimum absolute atomic E-state index is 0.0353. The molecule has 3 aromatic rings. The van der Waals surface area contributed by atoms with Gasteiger partial charge in [-0.2, -0.15) is 0 Å². The highest BCUT2D eigenvalue weighted by molar-refractivity contribution is 8.00. The van der Waals surface area contributed by atoms with E-state index in [0.29, 0.717) is 31.7 Å². The van der Waals surface area contributed by atoms with E-state index in [2.05, 4.69) is 0 Å². The Kier molecular flexibility index (Phi) is 7.05. The molecule has 4 rings (SSSR count). The van der Waals surface area contributed by atoms with Crippen molar-refractivity contribution >= 4 is 23.6 Å². The van der Waals surface area contributed by atoms with Gasteiger partial charge in [-0.25, -0.2) is 0 Å². The van der Waals surface area contributed by atoms with Crippen LogP contribution in [0.5, 0.6) is 0 Å². The van der Waals surface area contributed by atoms with Crippen LogP contribution in [-0.4, -0.2) is 47.8 Å². The van der Waals surface area contributed by atoms with Gasteiger partial charge < -0.3 is 9.80 Å². The van der Waals surface area contributed by atoms with E-state index in [1.807, 2.05) is 101 Å². The molecule has 1 heterocycles. The molecule has 1 aliphatic heterocycles. The van der Waals surface area contributed by atoms with Crippen molar-refractivity contribution in [3.63, 3.8) is 0 Å². The Morgan fingerprint density at radius 2 is 1.23 bits per heavy atom. The fourth-order valence-electron chi connectivity index (χ4n) is 3.79. The molecule has 2 amide bonds. The van der Waals surface area contributed by atoms with E-state index in [4.69, 9.17) is 0 Å². The summed E-state index contributed by atoms with van der Waals surface area (Å²) < 4.78 is 0. The topological polar surface area (TPSA) is 40.6 Å². The first kappa shape index (κ1) is 21.2. The van der Waals surface area contributed by atoms with Gasteiger partial charge in [-0.05, 0) is 36.2 Å². The highest BCUT2D eigenvalue weighted by Crippen LogP contribution is 2.36. The minimum Gasteiger partial charge on any atom is -0.340 e. The number of benzene rings is 3. The summed E-state index contributed by atoms with van der Waals surface area (Å²) in [7, 11) is 0. The Balaban J connectivity index is 1.49. The molecule has 158 valence electrons. The summed E-state index contributed by atoms with van der Waals surface area (Å²) >= 11 is 1.58. The lowest BCUT2D eigenvalue weighted by molar-refractivity contribution is -0.130. The fraction of sp³-hybridized carbons (Fsp3) is 0.231. The first-order valence-electron chi connectivity index (χ1n) is 10.6. The number of hydrogen-bond acceptors (Lipinski definition) is 3. The summed E-state index contributed by atoms with van der Waals surface area (Å²) in [5, 5.41) is -0.306. The number of carbonyl (C=O) groups excluding carboxylic acids is 2. The van der Waals surface area contributed by atoms with Crippen LogP contribution in [0.25, 0.3) is 0 Å². The molecular formula is C26H26N2O2S. The van der Waals surface area contributed by atoms with Crippen molar-refractivity contribution in [2.45, 2.75) is 16.6 Å². The van der Waals surface area contributed by atoms with Crippen LogP contribution in [0.1, 0.15) is 27.6 Å². The second-order valence-electron chi connectivity index (χ2n) is 7.56. The second kappa shape index (κ2) is 10.3. The average molecular weight is 431 g/mol. The van der Waals surface area contributed by atoms with E-state index in [9.17, 15) is 9.59 Å². The quantitative estimate of drug-likeness (QED) is 0.541. The highest BCUT2D eigenvalue weighted by Gasteiger charge is 2.29. The van der Waals surface area contributed by atoms with E-state index in [0.717, 1.165) is 16.9 Å². The van der Waals surface area contributed by atoms with Crippen LogP contribution >= 0.6 is 11.8 Å². The Bertz CT molecular complexity index is 996. The Morgan fingerprint density at radius 3 is 1.90 bits per heavy atom. The number of thioether (sulfide) groups is 1. The van der Waals surface area contributed by atoms with Crippen LogP contribution in [0.4, 0.5) is 0 Å². The largest absolute Gasteiger partial charge is 0.340 e. The first-order chi connectivity index (χ1) is 15.2. The maximum absolute atomic E-state index is 13.6. The predicted octanol–water partition coefficient (Wildman–Crippen LogP) is 4.89. The molecule has 0 bridgehead atoms. The Labute approximate surface area is 187 Å². The zero-order valence-electron chi connectivity index (χ0n) is 17.4. The van der Waals surface area contributed by atoms with Gasteiger partial charge in [-0.1, -0.05) is 66.7 Å². The lowest BCUT2D eigenvalue weighted by atomic mass is 10.1. The number of carbonyl (C=O) groups is 2. The number of nitrogens with zero attached hydrogens (tertiary/aromatic N) is 2. The molecule has 1 fully saturated rings. The Hall–Kier alpha value is -3.05. The van der Waals surface area contributed by atoms with Gasteiger partial charge in [0.05, 0.1) is 0 Å². The number of amides is 2. The molecule has 0 aromatic heterocycles. The van der Waals surface area contributed by atoms with Gasteiger partial charge in [0.15, 0.2) is 0 Å². The molecule has 4 nitrogen and oxygen atoms in total. The van der Waals surface area contributed by atoms with Gasteiger partial charge >= 0.3 is 0 Å². The second-order valence-corrected chi connectivity index (χ2v) is 8.74. The molecule has 0 aliphatic carbocycles. The van der Waals surface area contributed by atoms with Gasteiger partial charge in [0.1, 0.15) is 5.25 Å². The maximum atomic E-state index is 13.6. The van der Waals surface area contributed by atoms with Crippen LogP contribution in [0.2, 0.25) is 0 Å². The molecule has 1 unspecified atom stereocenters. The van der Waals surface area contributed by atoms with Crippen molar-refractivity contribution in [2.75, 3.05) is 26.2 Å². The molecule has 1 atom stereocenters. The van der Waals surface area contributed by atoms with E-state index in [1.54, 1.807) is 11.8 Å². The lowest BCUT2D eigenvalue weighted by Gasteiger charge is -2.26. The van der Waals surface area contributed by atoms with Crippen LogP contribution in [0.15, 0.2) is 95.9 Å². The summed E-state index contributed by atoms with van der Waals surface area (Å²) in [6.07, 6.45) is 0.780. The highest BCUT2D eigenvalue weighted by atomic mass is 32.2. The zero-order chi connectivity index (χ0) is 21.5. The Morgan fingerprint density at radius 1 is 0.677 bits per heavy atom. The summed E-state index contributed by atoms with van der Waals surface area (Å²) in [5.41, 5.74) is 1.70. The standard InChI is InChI=1S/C26H26N2O2S/c29-25(22-13-6-2-7-14-22)27-17-10-18-28(20-19-27)26(30)24(21-11-4-1-5-12-21)31-23-15-8-3-9-16-23/h1-9,11-16,24H,10,17-20H2. The molecule has 0 saturated carbocycles. The molecule has 0 spiro atoms. The SMILES string of the molecule is O=C(c1ccccc1)N1CCCN(C(=O)C(Sc2ccccc2)c2ccccc2)CC1. The minimum atomic E-state index is -0.306. The van der Waals surface area contributed by atoms with Crippen LogP contribution in [0, 0.1) is 0 Å². The van der Waals surface area contributed by atoms with Gasteiger partial charge in [-0.3, -0.25) is 9.59 Å². The van der Waals surface area contributed by atoms with Crippen molar-refractivity contribution in [1.82, 2.24) is 9.80 Å². The van der Waals surface area contributed by atoms with Crippen molar-refractivity contribution < 1.29 is 9.59 Å². The third-order valence-corrected chi connectivity index (χ3v) is 6.69. The molecule has 3 aromatic carbocycles. The van der Waals surface area contributed by atoms with E-state index >= 15 is 0 Å². The van der Waals surface area contributed by atoms with Crippen molar-refractivity contribution in [2.24, 2.45) is 0 Å². The summed E-state index contributed by atoms with van der Waals surface area (Å²) in [6, 6.07) is 29.4. The van der Waals surface area contributed by atoms with E-state index in [1.165, 1.54) is 0 Å². The van der Waals surface area contributed by atoms with E-state index < -0.39 is 0 Å². The van der Waals surface area contributed by atoms with Crippen LogP contribution < -0.4 is 0 Å². The van der Waals surface area contributed by atoms with Crippen LogP contribution in [-0.2, 0) is 4.79 Å². The molecule has 31 heavy (non-hydrogen) atoms. The summed E-state index contributed by atoms with van der Waals surface area (Å²) in [4.78, 5) is 31.3. The molecule has 5 heteroatoms. The lowest BCUT2D eigenvalue weighted by Crippen LogP contribution is -2.39. The third-order valence-electron chi connectivity index (χ3n) is 5.44. The molecule has 0 radical (unpaired) electrons. The van der Waals surface area contributed by atoms with Gasteiger partial charge in [0.2, 0.25) is 5.91 Å². The maximum Gasteiger partial charge on any atom is 0.253 e. The predicted molar refractivity (Wildman–Crippen MR) is 125 cm³/mol. The van der Waals surface area contributed by atoms with Gasteiger partial charge in [0, 0.05) is 36.6 Å².